The van der Waals surface area contributed by atoms with E-state index in [0.29, 0.717) is 12.4 Å². The average Bonchev–Trinajstić information content (AvgIpc) is 2.91. The molecule has 6 heteroatoms. The highest BCUT2D eigenvalue weighted by molar-refractivity contribution is 5.82. The lowest BCUT2D eigenvalue weighted by atomic mass is 9.97. The van der Waals surface area contributed by atoms with E-state index in [9.17, 15) is 4.79 Å². The summed E-state index contributed by atoms with van der Waals surface area (Å²) >= 11 is 0. The van der Waals surface area contributed by atoms with Crippen LogP contribution < -0.4 is 10.4 Å². The Morgan fingerprint density at radius 1 is 1.13 bits per heavy atom. The number of likely N-dealkylation sites (N-methyl/N-ethyl adjacent to an activating group) is 1. The summed E-state index contributed by atoms with van der Waals surface area (Å²) in [5, 5.41) is 0. The maximum absolute atomic E-state index is 12.8. The molecule has 4 rings (SSSR count). The van der Waals surface area contributed by atoms with E-state index in [1.807, 2.05) is 41.9 Å². The third-order valence-electron chi connectivity index (χ3n) is 5.67. The van der Waals surface area contributed by atoms with Gasteiger partial charge in [-0.25, -0.2) is 9.78 Å². The number of hydrogen-bond donors (Lipinski definition) is 0. The number of nitrogens with zero attached hydrogens (tertiary/aromatic N) is 4. The van der Waals surface area contributed by atoms with Crippen molar-refractivity contribution in [2.75, 3.05) is 20.1 Å². The summed E-state index contributed by atoms with van der Waals surface area (Å²) in [6.45, 7) is 9.17. The van der Waals surface area contributed by atoms with E-state index < -0.39 is 0 Å². The predicted octanol–water partition coefficient (Wildman–Crippen LogP) is 3.92. The minimum atomic E-state index is 0.0172. The van der Waals surface area contributed by atoms with E-state index in [4.69, 9.17) is 9.72 Å². The Hall–Kier alpha value is -2.60. The van der Waals surface area contributed by atoms with Gasteiger partial charge in [-0.05, 0) is 50.0 Å². The lowest BCUT2D eigenvalue weighted by Gasteiger charge is -2.29. The highest BCUT2D eigenvalue weighted by Gasteiger charge is 2.20. The molecule has 1 aliphatic rings. The zero-order valence-electron chi connectivity index (χ0n) is 18.7. The molecular formula is C24H32N4O2. The van der Waals surface area contributed by atoms with Gasteiger partial charge in [0.05, 0.1) is 16.7 Å². The first-order chi connectivity index (χ1) is 14.2. The maximum Gasteiger partial charge on any atom is 0.328 e. The number of benzene rings is 1. The Kier molecular flexibility index (Phi) is 5.45. The van der Waals surface area contributed by atoms with Gasteiger partial charge >= 0.3 is 5.69 Å². The van der Waals surface area contributed by atoms with Crippen molar-refractivity contribution in [2.24, 2.45) is 12.5 Å². The van der Waals surface area contributed by atoms with Crippen LogP contribution in [0.2, 0.25) is 0 Å². The van der Waals surface area contributed by atoms with Crippen LogP contribution in [-0.4, -0.2) is 45.3 Å². The maximum atomic E-state index is 12.8. The van der Waals surface area contributed by atoms with E-state index >= 15 is 0 Å². The summed E-state index contributed by atoms with van der Waals surface area (Å²) in [5.74, 6) is 0.659. The standard InChI is InChI=1S/C24H32N4O2/c1-24(2,3)16-28-20-12-11-17(14-21(20)27(5)23(28)29)19-9-6-10-22(25-19)30-18-8-7-13-26(4)15-18/h6,9-12,14,18H,7-8,13,15-16H2,1-5H3. The van der Waals surface area contributed by atoms with Gasteiger partial charge in [-0.15, -0.1) is 0 Å². The average molecular weight is 409 g/mol. The fourth-order valence-electron chi connectivity index (χ4n) is 4.22. The summed E-state index contributed by atoms with van der Waals surface area (Å²) in [6, 6.07) is 12.0. The van der Waals surface area contributed by atoms with Crippen LogP contribution in [0.1, 0.15) is 33.6 Å². The van der Waals surface area contributed by atoms with Crippen LogP contribution in [0.15, 0.2) is 41.2 Å². The molecule has 160 valence electrons. The number of aryl methyl sites for hydroxylation is 1. The van der Waals surface area contributed by atoms with Crippen LogP contribution in [0.25, 0.3) is 22.3 Å². The largest absolute Gasteiger partial charge is 0.473 e. The van der Waals surface area contributed by atoms with Crippen LogP contribution in [0.5, 0.6) is 5.88 Å². The lowest BCUT2D eigenvalue weighted by Crippen LogP contribution is -2.38. The number of piperidine rings is 1. The first kappa shape index (κ1) is 20.7. The van der Waals surface area contributed by atoms with Gasteiger partial charge in [-0.2, -0.15) is 0 Å². The molecule has 1 atom stereocenters. The number of rotatable bonds is 4. The van der Waals surface area contributed by atoms with Crippen LogP contribution in [-0.2, 0) is 13.6 Å². The van der Waals surface area contributed by atoms with Crippen molar-refractivity contribution in [3.63, 3.8) is 0 Å². The SMILES string of the molecule is CN1CCCC(Oc2cccc(-c3ccc4c(c3)n(C)c(=O)n4CC(C)(C)C)n2)C1. The second kappa shape index (κ2) is 7.91. The normalized spacial score (nSPS) is 18.1. The summed E-state index contributed by atoms with van der Waals surface area (Å²) < 4.78 is 9.76. The fourth-order valence-corrected chi connectivity index (χ4v) is 4.22. The van der Waals surface area contributed by atoms with Gasteiger partial charge in [0.25, 0.3) is 0 Å². The molecule has 0 aliphatic carbocycles. The predicted molar refractivity (Wildman–Crippen MR) is 121 cm³/mol. The highest BCUT2D eigenvalue weighted by atomic mass is 16.5. The molecule has 1 fully saturated rings. The third-order valence-corrected chi connectivity index (χ3v) is 5.67. The van der Waals surface area contributed by atoms with E-state index in [2.05, 4.69) is 38.8 Å². The molecule has 1 aromatic carbocycles. The van der Waals surface area contributed by atoms with E-state index in [1.165, 1.54) is 0 Å². The van der Waals surface area contributed by atoms with Gasteiger partial charge in [0.2, 0.25) is 5.88 Å². The summed E-state index contributed by atoms with van der Waals surface area (Å²) in [4.78, 5) is 19.9. The smallest absolute Gasteiger partial charge is 0.328 e. The van der Waals surface area contributed by atoms with Gasteiger partial charge in [0.15, 0.2) is 0 Å². The molecule has 1 unspecified atom stereocenters. The second-order valence-corrected chi connectivity index (χ2v) is 9.70. The topological polar surface area (TPSA) is 52.3 Å². The van der Waals surface area contributed by atoms with Crippen molar-refractivity contribution in [1.82, 2.24) is 19.0 Å². The first-order valence-corrected chi connectivity index (χ1v) is 10.7. The molecule has 2 aromatic heterocycles. The first-order valence-electron chi connectivity index (χ1n) is 10.7. The van der Waals surface area contributed by atoms with Crippen molar-refractivity contribution >= 4 is 11.0 Å². The fraction of sp³-hybridized carbons (Fsp3) is 0.500. The zero-order valence-corrected chi connectivity index (χ0v) is 18.7. The van der Waals surface area contributed by atoms with Crippen LogP contribution in [0, 0.1) is 5.41 Å². The number of fused-ring (bicyclic) bond motifs is 1. The van der Waals surface area contributed by atoms with Crippen molar-refractivity contribution < 1.29 is 4.74 Å². The number of pyridine rings is 1. The lowest BCUT2D eigenvalue weighted by molar-refractivity contribution is 0.100. The van der Waals surface area contributed by atoms with Crippen LogP contribution in [0.4, 0.5) is 0 Å². The van der Waals surface area contributed by atoms with Crippen molar-refractivity contribution in [3.8, 4) is 17.1 Å². The summed E-state index contributed by atoms with van der Waals surface area (Å²) in [6.07, 6.45) is 2.39. The number of aromatic nitrogens is 3. The number of ether oxygens (including phenoxy) is 1. The molecule has 30 heavy (non-hydrogen) atoms. The van der Waals surface area contributed by atoms with Crippen molar-refractivity contribution in [1.29, 1.82) is 0 Å². The van der Waals surface area contributed by atoms with E-state index in [1.54, 1.807) is 4.57 Å². The van der Waals surface area contributed by atoms with Crippen molar-refractivity contribution in [2.45, 2.75) is 46.3 Å². The van der Waals surface area contributed by atoms with Gasteiger partial charge in [0, 0.05) is 31.8 Å². The zero-order chi connectivity index (χ0) is 21.5. The molecule has 0 bridgehead atoms. The van der Waals surface area contributed by atoms with E-state index in [0.717, 1.165) is 48.2 Å². The Morgan fingerprint density at radius 3 is 2.67 bits per heavy atom. The molecule has 0 spiro atoms. The molecule has 6 nitrogen and oxygen atoms in total. The minimum absolute atomic E-state index is 0.0172. The molecule has 3 aromatic rings. The summed E-state index contributed by atoms with van der Waals surface area (Å²) in [7, 11) is 3.96. The van der Waals surface area contributed by atoms with Gasteiger partial charge in [0.1, 0.15) is 6.10 Å². The molecule has 0 saturated carbocycles. The Balaban J connectivity index is 1.65. The van der Waals surface area contributed by atoms with E-state index in [-0.39, 0.29) is 17.2 Å². The number of imidazole rings is 1. The monoisotopic (exact) mass is 408 g/mol. The van der Waals surface area contributed by atoms with Crippen LogP contribution in [0.3, 0.4) is 0 Å². The number of likely N-dealkylation sites (tertiary alicyclic amines) is 1. The number of hydrogen-bond acceptors (Lipinski definition) is 4. The minimum Gasteiger partial charge on any atom is -0.473 e. The molecule has 0 radical (unpaired) electrons. The van der Waals surface area contributed by atoms with Gasteiger partial charge in [-0.3, -0.25) is 9.13 Å². The molecule has 0 N–H and O–H groups in total. The van der Waals surface area contributed by atoms with Crippen molar-refractivity contribution in [3.05, 3.63) is 46.9 Å². The highest BCUT2D eigenvalue weighted by Crippen LogP contribution is 2.26. The summed E-state index contributed by atoms with van der Waals surface area (Å²) in [5.41, 5.74) is 3.76. The molecular weight excluding hydrogens is 376 g/mol. The second-order valence-electron chi connectivity index (χ2n) is 9.70. The quantitative estimate of drug-likeness (QED) is 0.657. The Labute approximate surface area is 178 Å². The molecule has 3 heterocycles. The van der Waals surface area contributed by atoms with Gasteiger partial charge < -0.3 is 9.64 Å². The molecule has 1 aliphatic heterocycles. The Bertz CT molecular complexity index is 1110. The van der Waals surface area contributed by atoms with Crippen LogP contribution >= 0.6 is 0 Å². The Morgan fingerprint density at radius 2 is 1.93 bits per heavy atom. The van der Waals surface area contributed by atoms with Gasteiger partial charge in [-0.1, -0.05) is 32.9 Å². The molecule has 0 amide bonds. The third kappa shape index (κ3) is 4.29. The molecule has 1 saturated heterocycles.